The second-order valence-corrected chi connectivity index (χ2v) is 7.55. The third kappa shape index (κ3) is 2.84. The zero-order valence-corrected chi connectivity index (χ0v) is 12.3. The van der Waals surface area contributed by atoms with Crippen LogP contribution in [-0.2, 0) is 9.84 Å². The molecule has 0 saturated heterocycles. The van der Waals surface area contributed by atoms with Crippen LogP contribution in [0.4, 0.5) is 0 Å². The van der Waals surface area contributed by atoms with Crippen LogP contribution in [0.1, 0.15) is 33.1 Å². The van der Waals surface area contributed by atoms with Gasteiger partial charge in [0.15, 0.2) is 9.84 Å². The van der Waals surface area contributed by atoms with E-state index in [-0.39, 0.29) is 11.8 Å². The molecule has 0 bridgehead atoms. The van der Waals surface area contributed by atoms with Gasteiger partial charge in [-0.3, -0.25) is 0 Å². The summed E-state index contributed by atoms with van der Waals surface area (Å²) in [7, 11) is -3.30. The van der Waals surface area contributed by atoms with Crippen molar-refractivity contribution in [2.45, 2.75) is 49.4 Å². The van der Waals surface area contributed by atoms with Crippen molar-refractivity contribution in [2.75, 3.05) is 0 Å². The Morgan fingerprint density at radius 1 is 1.26 bits per heavy atom. The fraction of sp³-hybridized carbons (Fsp3) is 0.600. The van der Waals surface area contributed by atoms with E-state index in [0.717, 1.165) is 19.3 Å². The van der Waals surface area contributed by atoms with E-state index < -0.39 is 21.2 Å². The van der Waals surface area contributed by atoms with Crippen LogP contribution in [0.2, 0.25) is 0 Å². The van der Waals surface area contributed by atoms with Crippen LogP contribution >= 0.6 is 0 Å². The van der Waals surface area contributed by atoms with Gasteiger partial charge in [-0.05, 0) is 31.4 Å². The van der Waals surface area contributed by atoms with Crippen molar-refractivity contribution in [3.8, 4) is 0 Å². The summed E-state index contributed by atoms with van der Waals surface area (Å²) < 4.78 is 25.1. The standard InChI is InChI=1S/C15H22O3S/c1-3-4-10-13-14(11(2)16)15(13)19(17,18)12-8-6-5-7-9-12/h5-9,11,13-16H,3-4,10H2,1-2H3/t11-,13+,14+,15-/m1/s1. The lowest BCUT2D eigenvalue weighted by atomic mass is 10.1. The molecule has 1 aliphatic carbocycles. The van der Waals surface area contributed by atoms with Crippen molar-refractivity contribution in [2.24, 2.45) is 11.8 Å². The Hall–Kier alpha value is -0.870. The van der Waals surface area contributed by atoms with Gasteiger partial charge in [0.2, 0.25) is 0 Å². The first-order chi connectivity index (χ1) is 9.00. The van der Waals surface area contributed by atoms with Crippen molar-refractivity contribution < 1.29 is 13.5 Å². The van der Waals surface area contributed by atoms with Gasteiger partial charge in [0.25, 0.3) is 0 Å². The maximum absolute atomic E-state index is 12.6. The van der Waals surface area contributed by atoms with Crippen LogP contribution in [0.25, 0.3) is 0 Å². The van der Waals surface area contributed by atoms with Crippen LogP contribution in [-0.4, -0.2) is 24.9 Å². The van der Waals surface area contributed by atoms with Crippen LogP contribution in [0.5, 0.6) is 0 Å². The highest BCUT2D eigenvalue weighted by atomic mass is 32.2. The summed E-state index contributed by atoms with van der Waals surface area (Å²) in [6.45, 7) is 3.80. The summed E-state index contributed by atoms with van der Waals surface area (Å²) in [5, 5.41) is 9.38. The highest BCUT2D eigenvalue weighted by Crippen LogP contribution is 2.51. The van der Waals surface area contributed by atoms with Crippen molar-refractivity contribution in [3.63, 3.8) is 0 Å². The smallest absolute Gasteiger partial charge is 0.181 e. The molecule has 1 N–H and O–H groups in total. The minimum Gasteiger partial charge on any atom is -0.393 e. The largest absolute Gasteiger partial charge is 0.393 e. The normalized spacial score (nSPS) is 28.1. The zero-order chi connectivity index (χ0) is 14.0. The molecule has 0 aliphatic heterocycles. The van der Waals surface area contributed by atoms with Crippen LogP contribution < -0.4 is 0 Å². The van der Waals surface area contributed by atoms with Gasteiger partial charge < -0.3 is 5.11 Å². The van der Waals surface area contributed by atoms with E-state index in [9.17, 15) is 13.5 Å². The lowest BCUT2D eigenvalue weighted by molar-refractivity contribution is 0.163. The SMILES string of the molecule is CCCC[C@H]1[C@H]([C@@H](C)O)[C@@H]1S(=O)(=O)c1ccccc1. The maximum Gasteiger partial charge on any atom is 0.181 e. The molecular weight excluding hydrogens is 260 g/mol. The molecule has 3 nitrogen and oxygen atoms in total. The molecule has 0 aromatic heterocycles. The highest BCUT2D eigenvalue weighted by Gasteiger charge is 2.59. The molecule has 0 radical (unpaired) electrons. The summed E-state index contributed by atoms with van der Waals surface area (Å²) in [5.41, 5.74) is 0. The van der Waals surface area contributed by atoms with E-state index in [1.807, 2.05) is 6.07 Å². The third-order valence-corrected chi connectivity index (χ3v) is 6.34. The Labute approximate surface area is 115 Å². The predicted octanol–water partition coefficient (Wildman–Crippen LogP) is 2.65. The zero-order valence-electron chi connectivity index (χ0n) is 11.5. The molecule has 1 fully saturated rings. The molecule has 0 heterocycles. The fourth-order valence-electron chi connectivity index (χ4n) is 3.00. The molecular formula is C15H22O3S. The Morgan fingerprint density at radius 2 is 1.89 bits per heavy atom. The van der Waals surface area contributed by atoms with Crippen molar-refractivity contribution >= 4 is 9.84 Å². The monoisotopic (exact) mass is 282 g/mol. The van der Waals surface area contributed by atoms with E-state index in [1.165, 1.54) is 0 Å². The Kier molecular flexibility index (Phi) is 4.31. The molecule has 0 spiro atoms. The molecule has 0 amide bonds. The average molecular weight is 282 g/mol. The number of unbranched alkanes of at least 4 members (excludes halogenated alkanes) is 1. The van der Waals surface area contributed by atoms with Gasteiger partial charge in [-0.2, -0.15) is 0 Å². The van der Waals surface area contributed by atoms with Crippen molar-refractivity contribution in [1.29, 1.82) is 0 Å². The molecule has 1 aromatic carbocycles. The Balaban J connectivity index is 2.21. The summed E-state index contributed by atoms with van der Waals surface area (Å²) in [6, 6.07) is 8.58. The summed E-state index contributed by atoms with van der Waals surface area (Å²) in [5.74, 6) is 0.0157. The second kappa shape index (κ2) is 5.63. The molecule has 1 saturated carbocycles. The van der Waals surface area contributed by atoms with Crippen LogP contribution in [0.3, 0.4) is 0 Å². The van der Waals surface area contributed by atoms with Gasteiger partial charge in [-0.1, -0.05) is 38.0 Å². The van der Waals surface area contributed by atoms with Crippen molar-refractivity contribution in [3.05, 3.63) is 30.3 Å². The first-order valence-corrected chi connectivity index (χ1v) is 8.51. The predicted molar refractivity (Wildman–Crippen MR) is 75.6 cm³/mol. The lowest BCUT2D eigenvalue weighted by Gasteiger charge is -2.05. The van der Waals surface area contributed by atoms with E-state index in [2.05, 4.69) is 6.92 Å². The Morgan fingerprint density at radius 3 is 2.42 bits per heavy atom. The molecule has 1 aliphatic rings. The number of aliphatic hydroxyl groups excluding tert-OH is 1. The highest BCUT2D eigenvalue weighted by molar-refractivity contribution is 7.92. The van der Waals surface area contributed by atoms with Crippen LogP contribution in [0.15, 0.2) is 35.2 Å². The molecule has 2 rings (SSSR count). The Bertz CT molecular complexity index is 507. The molecule has 19 heavy (non-hydrogen) atoms. The first-order valence-electron chi connectivity index (χ1n) is 6.97. The van der Waals surface area contributed by atoms with Crippen LogP contribution in [0, 0.1) is 11.8 Å². The minimum atomic E-state index is -3.30. The molecule has 1 aromatic rings. The number of hydrogen-bond acceptors (Lipinski definition) is 3. The van der Waals surface area contributed by atoms with E-state index >= 15 is 0 Å². The number of benzene rings is 1. The van der Waals surface area contributed by atoms with Gasteiger partial charge in [-0.15, -0.1) is 0 Å². The van der Waals surface area contributed by atoms with Gasteiger partial charge in [0, 0.05) is 5.92 Å². The second-order valence-electron chi connectivity index (χ2n) is 5.45. The van der Waals surface area contributed by atoms with E-state index in [4.69, 9.17) is 0 Å². The van der Waals surface area contributed by atoms with E-state index in [0.29, 0.717) is 4.90 Å². The lowest BCUT2D eigenvalue weighted by Crippen LogP contribution is -2.14. The van der Waals surface area contributed by atoms with Gasteiger partial charge in [-0.25, -0.2) is 8.42 Å². The average Bonchev–Trinajstić information content (AvgIpc) is 3.12. The fourth-order valence-corrected chi connectivity index (χ4v) is 5.38. The molecule has 0 unspecified atom stereocenters. The van der Waals surface area contributed by atoms with E-state index in [1.54, 1.807) is 31.2 Å². The topological polar surface area (TPSA) is 54.4 Å². The summed E-state index contributed by atoms with van der Waals surface area (Å²) >= 11 is 0. The third-order valence-electron chi connectivity index (χ3n) is 4.03. The summed E-state index contributed by atoms with van der Waals surface area (Å²) in [6.07, 6.45) is 2.42. The number of aliphatic hydroxyl groups is 1. The molecule has 106 valence electrons. The van der Waals surface area contributed by atoms with Gasteiger partial charge >= 0.3 is 0 Å². The number of hydrogen-bond donors (Lipinski definition) is 1. The minimum absolute atomic E-state index is 0.100. The van der Waals surface area contributed by atoms with Gasteiger partial charge in [0.05, 0.1) is 16.2 Å². The molecule has 4 heteroatoms. The first kappa shape index (κ1) is 14.5. The summed E-state index contributed by atoms with van der Waals surface area (Å²) in [4.78, 5) is 0.379. The van der Waals surface area contributed by atoms with Gasteiger partial charge in [0.1, 0.15) is 0 Å². The van der Waals surface area contributed by atoms with Crippen molar-refractivity contribution in [1.82, 2.24) is 0 Å². The number of rotatable bonds is 6. The quantitative estimate of drug-likeness (QED) is 0.872. The maximum atomic E-state index is 12.6. The number of sulfone groups is 1. The molecule has 4 atom stereocenters.